The first-order valence-electron chi connectivity index (χ1n) is 7.68. The van der Waals surface area contributed by atoms with Crippen LogP contribution in [0.2, 0.25) is 0 Å². The fourth-order valence-electron chi connectivity index (χ4n) is 3.04. The number of nitrogens with zero attached hydrogens (tertiary/aromatic N) is 2. The van der Waals surface area contributed by atoms with Crippen LogP contribution in [0, 0.1) is 12.8 Å². The summed E-state index contributed by atoms with van der Waals surface area (Å²) in [5.74, 6) is 0.246. The van der Waals surface area contributed by atoms with E-state index in [1.165, 1.54) is 28.7 Å². The molecule has 0 aromatic carbocycles. The lowest BCUT2D eigenvalue weighted by Gasteiger charge is -2.26. The molecule has 1 saturated carbocycles. The minimum atomic E-state index is -0.352. The number of fused-ring (bicyclic) bond motifs is 1. The van der Waals surface area contributed by atoms with Crippen LogP contribution in [0.25, 0.3) is 10.2 Å². The Morgan fingerprint density at radius 1 is 1.50 bits per heavy atom. The lowest BCUT2D eigenvalue weighted by atomic mass is 9.89. The predicted octanol–water partition coefficient (Wildman–Crippen LogP) is 2.89. The van der Waals surface area contributed by atoms with Crippen LogP contribution in [0.1, 0.15) is 37.5 Å². The van der Waals surface area contributed by atoms with Crippen molar-refractivity contribution in [2.45, 2.75) is 52.2 Å². The highest BCUT2D eigenvalue weighted by Gasteiger charge is 2.22. The van der Waals surface area contributed by atoms with Crippen molar-refractivity contribution in [3.63, 3.8) is 0 Å². The van der Waals surface area contributed by atoms with E-state index in [2.05, 4.69) is 11.9 Å². The Morgan fingerprint density at radius 2 is 2.32 bits per heavy atom. The summed E-state index contributed by atoms with van der Waals surface area (Å²) in [6.07, 6.45) is 5.57. The molecule has 0 radical (unpaired) electrons. The topological polar surface area (TPSA) is 61.2 Å². The standard InChI is InChI=1S/C16H20N2O3S/c1-10-4-3-5-12(6-10)21-14(19)8-18-9-17-15-13(16(18)20)7-11(2)22-15/h7,9-10,12H,3-6,8H2,1-2H3/t10-,12-/m1/s1. The van der Waals surface area contributed by atoms with Gasteiger partial charge in [-0.15, -0.1) is 11.3 Å². The fraction of sp³-hybridized carbons (Fsp3) is 0.562. The van der Waals surface area contributed by atoms with Crippen LogP contribution < -0.4 is 5.56 Å². The maximum Gasteiger partial charge on any atom is 0.326 e. The van der Waals surface area contributed by atoms with E-state index in [1.807, 2.05) is 13.0 Å². The van der Waals surface area contributed by atoms with E-state index in [0.29, 0.717) is 16.1 Å². The summed E-state index contributed by atoms with van der Waals surface area (Å²) in [6, 6.07) is 1.82. The van der Waals surface area contributed by atoms with Gasteiger partial charge in [0.05, 0.1) is 11.7 Å². The molecule has 1 aliphatic carbocycles. The van der Waals surface area contributed by atoms with E-state index in [0.717, 1.165) is 24.1 Å². The Bertz CT molecular complexity index is 749. The zero-order valence-corrected chi connectivity index (χ0v) is 13.7. The van der Waals surface area contributed by atoms with E-state index >= 15 is 0 Å². The largest absolute Gasteiger partial charge is 0.461 e. The highest BCUT2D eigenvalue weighted by Crippen LogP contribution is 2.25. The molecule has 6 heteroatoms. The summed E-state index contributed by atoms with van der Waals surface area (Å²) in [5, 5.41) is 0.573. The maximum atomic E-state index is 12.3. The number of hydrogen-bond donors (Lipinski definition) is 0. The quantitative estimate of drug-likeness (QED) is 0.816. The summed E-state index contributed by atoms with van der Waals surface area (Å²) in [7, 11) is 0. The van der Waals surface area contributed by atoms with Gasteiger partial charge in [0.2, 0.25) is 0 Å². The van der Waals surface area contributed by atoms with Gasteiger partial charge in [-0.2, -0.15) is 0 Å². The first kappa shape index (κ1) is 15.2. The second-order valence-corrected chi connectivity index (χ2v) is 7.37. The number of aromatic nitrogens is 2. The van der Waals surface area contributed by atoms with Crippen molar-refractivity contribution in [2.24, 2.45) is 5.92 Å². The molecule has 0 unspecified atom stereocenters. The Morgan fingerprint density at radius 3 is 3.09 bits per heavy atom. The van der Waals surface area contributed by atoms with E-state index in [-0.39, 0.29) is 24.2 Å². The molecule has 0 bridgehead atoms. The van der Waals surface area contributed by atoms with Crippen molar-refractivity contribution >= 4 is 27.5 Å². The van der Waals surface area contributed by atoms with Crippen molar-refractivity contribution in [2.75, 3.05) is 0 Å². The zero-order valence-electron chi connectivity index (χ0n) is 12.9. The number of hydrogen-bond acceptors (Lipinski definition) is 5. The smallest absolute Gasteiger partial charge is 0.326 e. The van der Waals surface area contributed by atoms with Crippen molar-refractivity contribution in [3.8, 4) is 0 Å². The molecule has 0 N–H and O–H groups in total. The van der Waals surface area contributed by atoms with Gasteiger partial charge >= 0.3 is 5.97 Å². The molecule has 2 atom stereocenters. The minimum Gasteiger partial charge on any atom is -0.461 e. The molecule has 0 amide bonds. The third-order valence-electron chi connectivity index (χ3n) is 4.13. The minimum absolute atomic E-state index is 0.00738. The summed E-state index contributed by atoms with van der Waals surface area (Å²) in [4.78, 5) is 30.4. The Labute approximate surface area is 132 Å². The molecule has 1 aliphatic rings. The molecule has 3 rings (SSSR count). The van der Waals surface area contributed by atoms with Crippen molar-refractivity contribution in [1.29, 1.82) is 0 Å². The first-order chi connectivity index (χ1) is 10.5. The third-order valence-corrected chi connectivity index (χ3v) is 5.09. The van der Waals surface area contributed by atoms with Gasteiger partial charge in [0.25, 0.3) is 5.56 Å². The molecule has 2 aromatic heterocycles. The summed E-state index contributed by atoms with van der Waals surface area (Å²) in [6.45, 7) is 4.05. The molecular weight excluding hydrogens is 300 g/mol. The Hall–Kier alpha value is -1.69. The van der Waals surface area contributed by atoms with E-state index in [4.69, 9.17) is 4.74 Å². The summed E-state index contributed by atoms with van der Waals surface area (Å²) < 4.78 is 6.85. The van der Waals surface area contributed by atoms with Crippen molar-refractivity contribution in [1.82, 2.24) is 9.55 Å². The third kappa shape index (κ3) is 3.21. The fourth-order valence-corrected chi connectivity index (χ4v) is 3.88. The first-order valence-corrected chi connectivity index (χ1v) is 8.49. The average molecular weight is 320 g/mol. The highest BCUT2D eigenvalue weighted by atomic mass is 32.1. The monoisotopic (exact) mass is 320 g/mol. The molecule has 118 valence electrons. The number of rotatable bonds is 3. The van der Waals surface area contributed by atoms with Crippen LogP contribution in [0.3, 0.4) is 0 Å². The van der Waals surface area contributed by atoms with Crippen LogP contribution in [0.4, 0.5) is 0 Å². The summed E-state index contributed by atoms with van der Waals surface area (Å²) in [5.41, 5.74) is -0.177. The number of esters is 1. The van der Waals surface area contributed by atoms with Crippen LogP contribution in [0.15, 0.2) is 17.2 Å². The Balaban J connectivity index is 1.71. The number of aryl methyl sites for hydroxylation is 1. The van der Waals surface area contributed by atoms with E-state index in [9.17, 15) is 9.59 Å². The van der Waals surface area contributed by atoms with Gasteiger partial charge in [-0.25, -0.2) is 4.98 Å². The number of ether oxygens (including phenoxy) is 1. The van der Waals surface area contributed by atoms with Gasteiger partial charge in [-0.3, -0.25) is 14.2 Å². The molecule has 0 aliphatic heterocycles. The van der Waals surface area contributed by atoms with Crippen LogP contribution in [-0.2, 0) is 16.1 Å². The molecule has 2 aromatic rings. The second kappa shape index (κ2) is 6.20. The normalized spacial score (nSPS) is 21.9. The average Bonchev–Trinajstić information content (AvgIpc) is 2.83. The van der Waals surface area contributed by atoms with E-state index in [1.54, 1.807) is 0 Å². The highest BCUT2D eigenvalue weighted by molar-refractivity contribution is 7.18. The van der Waals surface area contributed by atoms with Gasteiger partial charge in [-0.1, -0.05) is 13.3 Å². The van der Waals surface area contributed by atoms with E-state index < -0.39 is 0 Å². The van der Waals surface area contributed by atoms with Gasteiger partial charge in [0.15, 0.2) is 0 Å². The molecule has 5 nitrogen and oxygen atoms in total. The van der Waals surface area contributed by atoms with Crippen LogP contribution >= 0.6 is 11.3 Å². The van der Waals surface area contributed by atoms with Crippen LogP contribution in [0.5, 0.6) is 0 Å². The van der Waals surface area contributed by atoms with Gasteiger partial charge in [0, 0.05) is 4.88 Å². The Kier molecular flexibility index (Phi) is 4.29. The van der Waals surface area contributed by atoms with Crippen LogP contribution in [-0.4, -0.2) is 21.6 Å². The molecule has 0 saturated heterocycles. The van der Waals surface area contributed by atoms with Crippen molar-refractivity contribution in [3.05, 3.63) is 27.6 Å². The van der Waals surface area contributed by atoms with Crippen molar-refractivity contribution < 1.29 is 9.53 Å². The molecule has 22 heavy (non-hydrogen) atoms. The molecule has 0 spiro atoms. The maximum absolute atomic E-state index is 12.3. The van der Waals surface area contributed by atoms with Gasteiger partial charge in [0.1, 0.15) is 17.5 Å². The molecule has 2 heterocycles. The van der Waals surface area contributed by atoms with Gasteiger partial charge < -0.3 is 4.74 Å². The number of carbonyl (C=O) groups is 1. The number of thiophene rings is 1. The zero-order chi connectivity index (χ0) is 15.7. The summed E-state index contributed by atoms with van der Waals surface area (Å²) >= 11 is 1.48. The predicted molar refractivity (Wildman–Crippen MR) is 86.1 cm³/mol. The second-order valence-electron chi connectivity index (χ2n) is 6.14. The SMILES string of the molecule is Cc1cc2c(=O)n(CC(=O)O[C@@H]3CCC[C@@H](C)C3)cnc2s1. The molecule has 1 fully saturated rings. The van der Waals surface area contributed by atoms with Gasteiger partial charge in [-0.05, 0) is 38.2 Å². The lowest BCUT2D eigenvalue weighted by molar-refractivity contribution is -0.152. The number of carbonyl (C=O) groups excluding carboxylic acids is 1. The molecular formula is C16H20N2O3S. The lowest BCUT2D eigenvalue weighted by Crippen LogP contribution is -2.30.